The Hall–Kier alpha value is -7.86. The first-order valence-electron chi connectivity index (χ1n) is 26.0. The van der Waals surface area contributed by atoms with Crippen molar-refractivity contribution < 1.29 is 103 Å². The maximum Gasteiger partial charge on any atom is 0.305 e. The number of nitrogens with one attached hydrogen (secondary N) is 1. The number of phenols is 5. The number of aliphatic carboxylic acids is 2. The standard InChI is InChI=1S/C33H28O14.C25H29NO7/c1-10-22-16(6-14(46-10)8-20(36)37)30(42)24-18(34)4-12(28(40)26(24)32(22)44)3-13-5-19(35)25-27(29(13)41)33(45)23-11(2)47-15(9-21(38)39)7-17(23)31(25)43;1-10-7-17-25(31-10)20-18(11(2)32-17)24(30)19-15(23(20)29)6-5-14(22(19)28)16-8-13(9-26-4)21(27)12(3)33-16/h4-5,10-11,14-15,34,40,43,45H,3,6-9H2,1-2H3,(H,36,37)(H,38,39);5-6,11-13,16-17,21,25-28H,1,7-9H2,2-4H3/t10-,11-,14+,15+;11-,12-,13+,16?,17-,21-,25+/m11/s1. The summed E-state index contributed by atoms with van der Waals surface area (Å²) in [5.41, 5.74) is -1.44. The van der Waals surface area contributed by atoms with E-state index in [0.717, 1.165) is 12.1 Å². The zero-order chi connectivity index (χ0) is 57.8. The molecule has 11 atom stereocenters. The van der Waals surface area contributed by atoms with Gasteiger partial charge < -0.3 is 69.9 Å². The van der Waals surface area contributed by atoms with Crippen LogP contribution in [0, 0.1) is 5.92 Å². The van der Waals surface area contributed by atoms with Crippen molar-refractivity contribution in [3.8, 4) is 28.7 Å². The van der Waals surface area contributed by atoms with Gasteiger partial charge in [0.25, 0.3) is 0 Å². The molecule has 2 fully saturated rings. The molecule has 11 rings (SSSR count). The normalized spacial score (nSPS) is 28.6. The number of fused-ring (bicyclic) bond motifs is 6. The van der Waals surface area contributed by atoms with Crippen molar-refractivity contribution in [2.24, 2.45) is 5.92 Å². The van der Waals surface area contributed by atoms with Crippen molar-refractivity contribution in [3.63, 3.8) is 0 Å². The molecular formula is C58H57NO21. The molecule has 22 nitrogen and oxygen atoms in total. The van der Waals surface area contributed by atoms with E-state index in [1.54, 1.807) is 26.0 Å². The van der Waals surface area contributed by atoms with E-state index in [-0.39, 0.29) is 86.5 Å². The van der Waals surface area contributed by atoms with Gasteiger partial charge in [0.05, 0.1) is 101 Å². The predicted molar refractivity (Wildman–Crippen MR) is 274 cm³/mol. The maximum absolute atomic E-state index is 13.7. The topological polar surface area (TPSA) is 357 Å². The predicted octanol–water partition coefficient (Wildman–Crippen LogP) is 5.07. The van der Waals surface area contributed by atoms with E-state index in [2.05, 4.69) is 11.9 Å². The number of Topliss-reactive ketones (excluding diaryl/α,β-unsaturated/α-hetero) is 5. The highest BCUT2D eigenvalue weighted by Crippen LogP contribution is 2.51. The number of aliphatic hydroxyl groups excluding tert-OH is 1. The molecule has 3 aliphatic carbocycles. The molecule has 80 heavy (non-hydrogen) atoms. The summed E-state index contributed by atoms with van der Waals surface area (Å²) in [4.78, 5) is 104. The Morgan fingerprint density at radius 2 is 1.31 bits per heavy atom. The van der Waals surface area contributed by atoms with Gasteiger partial charge in [0, 0.05) is 88.3 Å². The number of ether oxygens (including phenoxy) is 5. The number of hydrogen-bond acceptors (Lipinski definition) is 20. The lowest BCUT2D eigenvalue weighted by atomic mass is 9.76. The average Bonchev–Trinajstić information content (AvgIpc) is 3.91. The van der Waals surface area contributed by atoms with E-state index in [1.807, 2.05) is 7.05 Å². The van der Waals surface area contributed by atoms with Crippen molar-refractivity contribution in [2.75, 3.05) is 13.6 Å². The highest BCUT2D eigenvalue weighted by molar-refractivity contribution is 6.31. The number of phenolic OH excluding ortho intramolecular Hbond substituents is 5. The molecule has 22 heteroatoms. The second-order valence-electron chi connectivity index (χ2n) is 21.4. The summed E-state index contributed by atoms with van der Waals surface area (Å²) in [6.07, 6.45) is -6.86. The molecule has 8 aliphatic rings. The van der Waals surface area contributed by atoms with Gasteiger partial charge in [0.1, 0.15) is 34.9 Å². The van der Waals surface area contributed by atoms with Gasteiger partial charge in [-0.25, -0.2) is 0 Å². The van der Waals surface area contributed by atoms with Crippen LogP contribution < -0.4 is 5.32 Å². The number of aromatic hydroxyl groups is 5. The molecule has 5 heterocycles. The molecule has 0 bridgehead atoms. The molecule has 2 saturated heterocycles. The zero-order valence-corrected chi connectivity index (χ0v) is 43.9. The Morgan fingerprint density at radius 3 is 1.99 bits per heavy atom. The number of carbonyl (C=O) groups is 8. The Bertz CT molecular complexity index is 3440. The van der Waals surface area contributed by atoms with Crippen LogP contribution in [0.5, 0.6) is 28.7 Å². The summed E-state index contributed by atoms with van der Waals surface area (Å²) in [5.74, 6) is -8.95. The summed E-state index contributed by atoms with van der Waals surface area (Å²) < 4.78 is 29.1. The summed E-state index contributed by atoms with van der Waals surface area (Å²) in [6.45, 7) is 10.9. The third-order valence-corrected chi connectivity index (χ3v) is 16.2. The summed E-state index contributed by atoms with van der Waals surface area (Å²) >= 11 is 0. The Balaban J connectivity index is 0.000000191. The number of aliphatic hydroxyl groups is 1. The van der Waals surface area contributed by atoms with Crippen LogP contribution >= 0.6 is 0 Å². The van der Waals surface area contributed by atoms with Gasteiger partial charge in [-0.05, 0) is 59.4 Å². The van der Waals surface area contributed by atoms with E-state index in [9.17, 15) is 74.1 Å². The number of carboxylic acids is 2. The van der Waals surface area contributed by atoms with Gasteiger partial charge in [0.15, 0.2) is 40.8 Å². The van der Waals surface area contributed by atoms with Crippen LogP contribution in [-0.4, -0.2) is 150 Å². The van der Waals surface area contributed by atoms with Crippen LogP contribution in [0.2, 0.25) is 0 Å². The lowest BCUT2D eigenvalue weighted by Gasteiger charge is -2.39. The fourth-order valence-electron chi connectivity index (χ4n) is 12.7. The van der Waals surface area contributed by atoms with E-state index < -0.39 is 160 Å². The van der Waals surface area contributed by atoms with Crippen molar-refractivity contribution in [1.29, 1.82) is 0 Å². The molecular weight excluding hydrogens is 1050 g/mol. The smallest absolute Gasteiger partial charge is 0.305 e. The molecule has 3 aromatic rings. The molecule has 9 N–H and O–H groups in total. The van der Waals surface area contributed by atoms with E-state index in [1.165, 1.54) is 13.8 Å². The highest BCUT2D eigenvalue weighted by atomic mass is 16.6. The average molecular weight is 1100 g/mol. The summed E-state index contributed by atoms with van der Waals surface area (Å²) in [6, 6.07) is 4.20. The van der Waals surface area contributed by atoms with Gasteiger partial charge >= 0.3 is 11.9 Å². The summed E-state index contributed by atoms with van der Waals surface area (Å²) in [7, 11) is 1.81. The van der Waals surface area contributed by atoms with Crippen LogP contribution in [0.3, 0.4) is 0 Å². The monoisotopic (exact) mass is 1100 g/mol. The number of allylic oxidation sites excluding steroid dienone is 2. The number of carbonyl (C=O) groups excluding carboxylic acids is 6. The largest absolute Gasteiger partial charge is 0.507 e. The second-order valence-corrected chi connectivity index (χ2v) is 21.4. The SMILES string of the molecule is C=C1C[C@H]2O[C@H](C)C3=C(C(=O)c4ccc(C5C[C@@H](CNC)[C@H](O)[C@@H](C)O5)c(O)c4C3=O)[C@H]2O1.C[C@H]1O[C@H](CC(=O)O)CC2=C1C(=O)c1c(O)c(CC3=CC(=O)c4c(O)c5c(c(O)c4C3=O)[C@@H](C)O[C@H](CC(=O)O)C5)cc(O)c1C2=O. The minimum Gasteiger partial charge on any atom is -0.507 e. The molecule has 0 radical (unpaired) electrons. The number of rotatable bonds is 9. The van der Waals surface area contributed by atoms with Crippen LogP contribution in [0.15, 0.2) is 64.5 Å². The van der Waals surface area contributed by atoms with Crippen molar-refractivity contribution in [2.45, 2.75) is 134 Å². The highest BCUT2D eigenvalue weighted by Gasteiger charge is 2.51. The number of ketones is 6. The molecule has 0 aromatic heterocycles. The lowest BCUT2D eigenvalue weighted by Crippen LogP contribution is -2.45. The molecule has 0 spiro atoms. The molecule has 1 unspecified atom stereocenters. The second kappa shape index (κ2) is 20.7. The minimum atomic E-state index is -1.17. The number of hydrogen-bond donors (Lipinski definition) is 9. The molecule has 0 amide bonds. The van der Waals surface area contributed by atoms with Gasteiger partial charge in [-0.3, -0.25) is 38.4 Å². The molecule has 3 aromatic carbocycles. The fraction of sp³-hybridized carbons (Fsp3) is 0.414. The Labute approximate surface area is 455 Å². The van der Waals surface area contributed by atoms with Crippen molar-refractivity contribution in [1.82, 2.24) is 5.32 Å². The van der Waals surface area contributed by atoms with E-state index in [4.69, 9.17) is 28.8 Å². The van der Waals surface area contributed by atoms with Crippen molar-refractivity contribution in [3.05, 3.63) is 120 Å². The Kier molecular flexibility index (Phi) is 14.3. The molecule has 0 saturated carbocycles. The van der Waals surface area contributed by atoms with E-state index in [0.29, 0.717) is 36.3 Å². The van der Waals surface area contributed by atoms with Crippen molar-refractivity contribution >= 4 is 46.6 Å². The first-order valence-corrected chi connectivity index (χ1v) is 26.0. The molecule has 420 valence electrons. The summed E-state index contributed by atoms with van der Waals surface area (Å²) in [5, 5.41) is 87.5. The van der Waals surface area contributed by atoms with Gasteiger partial charge in [-0.1, -0.05) is 12.6 Å². The fourth-order valence-corrected chi connectivity index (χ4v) is 12.7. The third-order valence-electron chi connectivity index (χ3n) is 16.2. The number of benzene rings is 3. The minimum absolute atomic E-state index is 0.0159. The maximum atomic E-state index is 13.7. The van der Waals surface area contributed by atoms with Gasteiger partial charge in [-0.2, -0.15) is 0 Å². The van der Waals surface area contributed by atoms with Gasteiger partial charge in [-0.15, -0.1) is 0 Å². The van der Waals surface area contributed by atoms with Gasteiger partial charge in [0.2, 0.25) is 0 Å². The zero-order valence-electron chi connectivity index (χ0n) is 43.9. The third kappa shape index (κ3) is 9.08. The van der Waals surface area contributed by atoms with Crippen LogP contribution in [0.4, 0.5) is 0 Å². The van der Waals surface area contributed by atoms with Crippen LogP contribution in [0.25, 0.3) is 0 Å². The molecule has 5 aliphatic heterocycles. The number of carboxylic acid groups (broad SMARTS) is 2. The van der Waals surface area contributed by atoms with Crippen LogP contribution in [-0.2, 0) is 46.1 Å². The Morgan fingerprint density at radius 1 is 0.675 bits per heavy atom. The quantitative estimate of drug-likeness (QED) is 0.126. The first kappa shape index (κ1) is 55.5. The lowest BCUT2D eigenvalue weighted by molar-refractivity contribution is -0.142. The first-order chi connectivity index (χ1) is 37.8. The van der Waals surface area contributed by atoms with Crippen LogP contribution in [0.1, 0.15) is 156 Å². The van der Waals surface area contributed by atoms with E-state index >= 15 is 0 Å².